The maximum absolute atomic E-state index is 2.52. The molecule has 0 saturated heterocycles. The monoisotopic (exact) mass is 1010 g/mol. The number of nitrogens with zero attached hydrogens (tertiary/aromatic N) is 2. The van der Waals surface area contributed by atoms with Crippen LogP contribution in [0.5, 0.6) is 0 Å². The fraction of sp³-hybridized carbons (Fsp3) is 0.0400. The van der Waals surface area contributed by atoms with Crippen molar-refractivity contribution in [3.05, 3.63) is 278 Å². The average Bonchev–Trinajstić information content (AvgIpc) is 4.10. The van der Waals surface area contributed by atoms with E-state index in [0.717, 1.165) is 34.1 Å². The summed E-state index contributed by atoms with van der Waals surface area (Å²) in [5.74, 6) is 0. The largest absolute Gasteiger partial charge is 0.310 e. The minimum absolute atomic E-state index is 0.200. The number of hydrogen-bond acceptors (Lipinski definition) is 3. The lowest BCUT2D eigenvalue weighted by Gasteiger charge is -2.31. The number of hydrogen-bond donors (Lipinski definition) is 0. The molecule has 16 rings (SSSR count). The topological polar surface area (TPSA) is 6.48 Å². The van der Waals surface area contributed by atoms with Gasteiger partial charge in [-0.2, -0.15) is 0 Å². The third-order valence-electron chi connectivity index (χ3n) is 17.0. The van der Waals surface area contributed by atoms with Crippen LogP contribution in [0.15, 0.2) is 267 Å². The van der Waals surface area contributed by atoms with Gasteiger partial charge in [0.05, 0.1) is 11.4 Å². The number of benzene rings is 12. The van der Waals surface area contributed by atoms with E-state index in [0.29, 0.717) is 0 Å². The Hall–Kier alpha value is -9.54. The smallest absolute Gasteiger partial charge is 0.0542 e. The van der Waals surface area contributed by atoms with Gasteiger partial charge in [-0.05, 0) is 166 Å². The summed E-state index contributed by atoms with van der Waals surface area (Å²) in [7, 11) is 0. The van der Waals surface area contributed by atoms with Crippen molar-refractivity contribution in [2.75, 3.05) is 9.80 Å². The minimum atomic E-state index is -0.200. The lowest BCUT2D eigenvalue weighted by molar-refractivity contribution is 0.660. The first-order valence-corrected chi connectivity index (χ1v) is 27.9. The average molecular weight is 1010 g/mol. The van der Waals surface area contributed by atoms with Gasteiger partial charge in [-0.1, -0.05) is 202 Å². The van der Waals surface area contributed by atoms with Crippen LogP contribution in [-0.4, -0.2) is 0 Å². The van der Waals surface area contributed by atoms with Crippen LogP contribution in [0.4, 0.5) is 34.1 Å². The van der Waals surface area contributed by atoms with Crippen molar-refractivity contribution in [2.45, 2.75) is 19.3 Å². The van der Waals surface area contributed by atoms with Crippen molar-refractivity contribution in [3.8, 4) is 33.4 Å². The van der Waals surface area contributed by atoms with Gasteiger partial charge in [-0.15, -0.1) is 11.3 Å². The second kappa shape index (κ2) is 17.2. The zero-order valence-corrected chi connectivity index (χ0v) is 44.0. The van der Waals surface area contributed by atoms with Gasteiger partial charge >= 0.3 is 0 Å². The van der Waals surface area contributed by atoms with E-state index in [9.17, 15) is 0 Å². The Kier molecular flexibility index (Phi) is 9.89. The van der Waals surface area contributed by atoms with Gasteiger partial charge in [0.2, 0.25) is 0 Å². The summed E-state index contributed by atoms with van der Waals surface area (Å²) in [6.45, 7) is 4.77. The first-order valence-electron chi connectivity index (χ1n) is 27.1. The molecule has 0 atom stereocenters. The van der Waals surface area contributed by atoms with Crippen LogP contribution >= 0.6 is 11.3 Å². The Morgan fingerprint density at radius 3 is 1.45 bits per heavy atom. The first kappa shape index (κ1) is 44.7. The van der Waals surface area contributed by atoms with E-state index >= 15 is 0 Å². The molecule has 0 bridgehead atoms. The highest BCUT2D eigenvalue weighted by atomic mass is 32.1. The summed E-state index contributed by atoms with van der Waals surface area (Å²) in [4.78, 5) is 4.97. The summed E-state index contributed by atoms with van der Waals surface area (Å²) in [5, 5.41) is 14.7. The van der Waals surface area contributed by atoms with Gasteiger partial charge in [0.1, 0.15) is 0 Å². The van der Waals surface area contributed by atoms with Crippen molar-refractivity contribution in [3.63, 3.8) is 0 Å². The minimum Gasteiger partial charge on any atom is -0.310 e. The molecule has 0 saturated carbocycles. The normalized spacial score (nSPS) is 13.1. The molecule has 0 N–H and O–H groups in total. The lowest BCUT2D eigenvalue weighted by Crippen LogP contribution is -2.17. The quantitative estimate of drug-likeness (QED) is 0.173. The zero-order chi connectivity index (χ0) is 51.6. The summed E-state index contributed by atoms with van der Waals surface area (Å²) in [5.41, 5.74) is 16.6. The summed E-state index contributed by atoms with van der Waals surface area (Å²) in [6.07, 6.45) is 0. The highest BCUT2D eigenvalue weighted by molar-refractivity contribution is 7.25. The van der Waals surface area contributed by atoms with Crippen LogP contribution in [0.2, 0.25) is 0 Å². The lowest BCUT2D eigenvalue weighted by atomic mass is 9.82. The van der Waals surface area contributed by atoms with Crippen LogP contribution < -0.4 is 9.80 Å². The Labute approximate surface area is 457 Å². The van der Waals surface area contributed by atoms with E-state index in [1.165, 1.54) is 119 Å². The highest BCUT2D eigenvalue weighted by Crippen LogP contribution is 2.55. The van der Waals surface area contributed by atoms with E-state index < -0.39 is 0 Å². The molecule has 0 radical (unpaired) electrons. The molecule has 78 heavy (non-hydrogen) atoms. The zero-order valence-electron chi connectivity index (χ0n) is 43.2. The molecule has 13 aromatic carbocycles. The number of thiophene rings is 1. The highest BCUT2D eigenvalue weighted by Gasteiger charge is 2.36. The standard InChI is InChI=1S/C75H50N2S/c1-75(2)69-33-17-14-30-60(69)61-40-37-50(44-70(61)75)76(49-38-41-72-67(43-49)58-29-13-10-26-55(58)62-31-15-18-34-71(62)77(72)47-20-4-3-5-21-47)48-36-39-59-64(42-48)56-27-11-8-24-53(56)51-22-6-7-23-52(51)54-25-9-12-28-57(54)66-46-74-68(45-65(59)66)63-32-16-19-35-73(63)78-74/h3-46H,1-2H3. The first-order chi connectivity index (χ1) is 38.5. The molecule has 2 heterocycles. The molecule has 2 nitrogen and oxygen atoms in total. The molecule has 366 valence electrons. The van der Waals surface area contributed by atoms with Crippen LogP contribution in [-0.2, 0) is 5.41 Å². The van der Waals surface area contributed by atoms with Gasteiger partial charge in [-0.3, -0.25) is 0 Å². The van der Waals surface area contributed by atoms with Gasteiger partial charge in [0, 0.05) is 59.5 Å². The number of rotatable bonds is 4. The maximum atomic E-state index is 2.52. The third-order valence-corrected chi connectivity index (χ3v) is 18.1. The second-order valence-corrected chi connectivity index (χ2v) is 22.6. The van der Waals surface area contributed by atoms with Crippen LogP contribution in [0, 0.1) is 0 Å². The molecule has 1 aliphatic carbocycles. The maximum Gasteiger partial charge on any atom is 0.0542 e. The molecule has 0 unspecified atom stereocenters. The van der Waals surface area contributed by atoms with Gasteiger partial charge < -0.3 is 9.80 Å². The molecule has 0 spiro atoms. The fourth-order valence-corrected chi connectivity index (χ4v) is 14.5. The van der Waals surface area contributed by atoms with Gasteiger partial charge in [0.25, 0.3) is 0 Å². The summed E-state index contributed by atoms with van der Waals surface area (Å²) < 4.78 is 2.59. The number of anilines is 6. The fourth-order valence-electron chi connectivity index (χ4n) is 13.4. The Morgan fingerprint density at radius 2 is 0.744 bits per heavy atom. The van der Waals surface area contributed by atoms with Crippen molar-refractivity contribution < 1.29 is 0 Å². The van der Waals surface area contributed by atoms with E-state index in [2.05, 4.69) is 291 Å². The molecule has 1 aromatic heterocycles. The Bertz CT molecular complexity index is 4910. The van der Waals surface area contributed by atoms with Crippen LogP contribution in [0.3, 0.4) is 0 Å². The van der Waals surface area contributed by atoms with Crippen molar-refractivity contribution in [2.24, 2.45) is 0 Å². The molecule has 14 aromatic rings. The number of fused-ring (bicyclic) bond motifs is 21. The molecule has 1 aliphatic heterocycles. The van der Waals surface area contributed by atoms with Gasteiger partial charge in [0.15, 0.2) is 0 Å². The van der Waals surface area contributed by atoms with Gasteiger partial charge in [-0.25, -0.2) is 0 Å². The number of para-hydroxylation sites is 2. The van der Waals surface area contributed by atoms with Crippen molar-refractivity contribution in [1.82, 2.24) is 0 Å². The molecule has 2 aliphatic rings. The van der Waals surface area contributed by atoms with E-state index in [-0.39, 0.29) is 5.41 Å². The molecule has 0 fully saturated rings. The second-order valence-electron chi connectivity index (χ2n) is 21.5. The van der Waals surface area contributed by atoms with Crippen LogP contribution in [0.25, 0.3) is 107 Å². The van der Waals surface area contributed by atoms with Crippen molar-refractivity contribution in [1.29, 1.82) is 0 Å². The molecule has 0 amide bonds. The third kappa shape index (κ3) is 6.68. The Balaban J connectivity index is 1.04. The van der Waals surface area contributed by atoms with Crippen molar-refractivity contribution >= 4 is 119 Å². The molecular weight excluding hydrogens is 961 g/mol. The Morgan fingerprint density at radius 1 is 0.282 bits per heavy atom. The molecular formula is C75H50N2S. The van der Waals surface area contributed by atoms with E-state index in [4.69, 9.17) is 0 Å². The van der Waals surface area contributed by atoms with Crippen LogP contribution in [0.1, 0.15) is 25.0 Å². The summed E-state index contributed by atoms with van der Waals surface area (Å²) >= 11 is 1.88. The molecule has 3 heteroatoms. The predicted octanol–water partition coefficient (Wildman–Crippen LogP) is 21.8. The van der Waals surface area contributed by atoms with E-state index in [1.807, 2.05) is 11.3 Å². The van der Waals surface area contributed by atoms with E-state index in [1.54, 1.807) is 0 Å². The summed E-state index contributed by atoms with van der Waals surface area (Å²) in [6, 6.07) is 100. The SMILES string of the molecule is CC1(C)c2ccccc2-c2ccc(N(c3ccc4c(c3)-c3ccccc3-c3ccccc3N4c3ccccc3)c3ccc4c(c3)c3ccccc3c3ccccc3c3ccccc3c3cc5sc6ccccc6c5cc43)cc21. The predicted molar refractivity (Wildman–Crippen MR) is 336 cm³/mol.